The Morgan fingerprint density at radius 1 is 0.750 bits per heavy atom. The van der Waals surface area contributed by atoms with E-state index in [1.807, 2.05) is 15.0 Å². The number of nitrogens with zero attached hydrogens (tertiary/aromatic N) is 1. The molecule has 0 saturated carbocycles. The highest BCUT2D eigenvalue weighted by Crippen LogP contribution is 2.18. The number of amides is 1. The van der Waals surface area contributed by atoms with Crippen molar-refractivity contribution in [2.75, 3.05) is 16.0 Å². The highest BCUT2D eigenvalue weighted by Gasteiger charge is 2.22. The van der Waals surface area contributed by atoms with Gasteiger partial charge in [0.25, 0.3) is 16.7 Å². The zero-order valence-corrected chi connectivity index (χ0v) is 17.4. The lowest BCUT2D eigenvalue weighted by molar-refractivity contribution is -0.281. The van der Waals surface area contributed by atoms with Crippen LogP contribution in [-0.2, 0) is 11.2 Å². The van der Waals surface area contributed by atoms with Crippen LogP contribution in [0.3, 0.4) is 0 Å². The van der Waals surface area contributed by atoms with Gasteiger partial charge in [-0.25, -0.2) is 19.4 Å². The van der Waals surface area contributed by atoms with Gasteiger partial charge in [0.05, 0.1) is 18.0 Å². The highest BCUT2D eigenvalue weighted by atomic mass is 16.3. The molecule has 0 radical (unpaired) electrons. The van der Waals surface area contributed by atoms with Gasteiger partial charge in [-0.1, -0.05) is 0 Å². The molecule has 20 nitrogen and oxygen atoms in total. The number of anilines is 3. The Kier molecular flexibility index (Phi) is 5.84. The molecule has 188 valence electrons. The average Bonchev–Trinajstić information content (AvgIpc) is 3.44. The van der Waals surface area contributed by atoms with E-state index in [4.69, 9.17) is 5.11 Å². The molecule has 2 aliphatic heterocycles. The Hall–Kier alpha value is -5.66. The number of imidazole rings is 1. The molecule has 0 aliphatic carbocycles. The van der Waals surface area contributed by atoms with Crippen LogP contribution in [0.25, 0.3) is 11.2 Å². The lowest BCUT2D eigenvalue weighted by atomic mass is 10.3. The number of nitrogens with one attached hydrogen (secondary N) is 10. The molecule has 0 saturated heterocycles. The molecular weight excluding hydrogens is 490 g/mol. The van der Waals surface area contributed by atoms with Crippen molar-refractivity contribution in [3.8, 4) is 6.01 Å². The molecule has 0 fully saturated rings. The summed E-state index contributed by atoms with van der Waals surface area (Å²) in [4.78, 5) is 94.1. The van der Waals surface area contributed by atoms with Crippen molar-refractivity contribution in [2.24, 2.45) is 0 Å². The van der Waals surface area contributed by atoms with Gasteiger partial charge < -0.3 is 31.1 Å². The molecule has 0 spiro atoms. The molecule has 6 heterocycles. The molecule has 36 heavy (non-hydrogen) atoms. The Morgan fingerprint density at radius 3 is 2.11 bits per heavy atom. The van der Waals surface area contributed by atoms with Crippen molar-refractivity contribution >= 4 is 34.4 Å². The van der Waals surface area contributed by atoms with Crippen LogP contribution in [0, 0.1) is 0 Å². The number of H-pyrrole nitrogens is 7. The zero-order valence-electron chi connectivity index (χ0n) is 18.4. The predicted molar refractivity (Wildman–Crippen MR) is 119 cm³/mol. The monoisotopic (exact) mass is 505 g/mol. The first-order valence-corrected chi connectivity index (χ1v) is 9.62. The molecular formula is C16H15N11O9. The van der Waals surface area contributed by atoms with Crippen LogP contribution in [0.4, 0.5) is 17.3 Å². The molecule has 4 aromatic rings. The minimum atomic E-state index is -1.03. The van der Waals surface area contributed by atoms with E-state index >= 15 is 0 Å². The summed E-state index contributed by atoms with van der Waals surface area (Å²) in [6, 6.07) is -0.775. The first-order chi connectivity index (χ1) is 17.0. The van der Waals surface area contributed by atoms with Crippen molar-refractivity contribution in [3.63, 3.8) is 0 Å². The maximum absolute atomic E-state index is 11.0. The van der Waals surface area contributed by atoms with Gasteiger partial charge in [-0.3, -0.25) is 49.1 Å². The van der Waals surface area contributed by atoms with E-state index in [0.717, 1.165) is 0 Å². The highest BCUT2D eigenvalue weighted by molar-refractivity contribution is 5.97. The second-order valence-electron chi connectivity index (χ2n) is 7.01. The van der Waals surface area contributed by atoms with Crippen LogP contribution in [0.2, 0.25) is 0 Å². The summed E-state index contributed by atoms with van der Waals surface area (Å²) in [5.41, 5.74) is -3.10. The van der Waals surface area contributed by atoms with Crippen LogP contribution in [0.15, 0.2) is 28.8 Å². The molecule has 1 atom stereocenters. The van der Waals surface area contributed by atoms with E-state index in [0.29, 0.717) is 5.56 Å². The number of fused-ring (bicyclic) bond motifs is 3. The van der Waals surface area contributed by atoms with Crippen LogP contribution in [0.5, 0.6) is 6.01 Å². The number of hydrogen-bond donors (Lipinski definition) is 11. The van der Waals surface area contributed by atoms with Gasteiger partial charge in [-0.15, -0.1) is 0 Å². The van der Waals surface area contributed by atoms with Crippen molar-refractivity contribution in [3.05, 3.63) is 68.1 Å². The van der Waals surface area contributed by atoms with E-state index in [1.165, 1.54) is 0 Å². The summed E-state index contributed by atoms with van der Waals surface area (Å²) >= 11 is 0. The van der Waals surface area contributed by atoms with Gasteiger partial charge in [0.2, 0.25) is 12.3 Å². The van der Waals surface area contributed by atoms with Crippen molar-refractivity contribution in [1.82, 2.24) is 39.9 Å². The van der Waals surface area contributed by atoms with Crippen molar-refractivity contribution < 1.29 is 16.4 Å². The van der Waals surface area contributed by atoms with E-state index in [9.17, 15) is 38.7 Å². The molecule has 4 aromatic heterocycles. The van der Waals surface area contributed by atoms with Gasteiger partial charge in [-0.05, 0) is 0 Å². The van der Waals surface area contributed by atoms with E-state index in [-0.39, 0.29) is 42.2 Å². The Balaban J connectivity index is 0.000000152. The minimum Gasteiger partial charge on any atom is -0.846 e. The topological polar surface area (TPSA) is 322 Å². The first kappa shape index (κ1) is 23.5. The summed E-state index contributed by atoms with van der Waals surface area (Å²) in [6.45, 7) is 0. The lowest BCUT2D eigenvalue weighted by Crippen LogP contribution is -2.24. The van der Waals surface area contributed by atoms with E-state index in [2.05, 4.69) is 40.9 Å². The molecule has 0 aromatic carbocycles. The molecule has 1 amide bonds. The lowest BCUT2D eigenvalue weighted by Gasteiger charge is -1.99. The molecule has 6 rings (SSSR count). The smallest absolute Gasteiger partial charge is 0.846 e. The Bertz CT molecular complexity index is 1840. The predicted octanol–water partition coefficient (Wildman–Crippen LogP) is -5.14. The fourth-order valence-electron chi connectivity index (χ4n) is 3.09. The molecule has 11 N–H and O–H groups in total. The zero-order chi connectivity index (χ0) is 26.1. The summed E-state index contributed by atoms with van der Waals surface area (Å²) in [5.74, 6) is 0.141. The van der Waals surface area contributed by atoms with E-state index in [1.54, 1.807) is 0 Å². The quantitative estimate of drug-likeness (QED) is 0.107. The fourth-order valence-corrected chi connectivity index (χ4v) is 3.09. The standard InChI is InChI=1S/C6H5N3O3.C5H6N4O3.C5H4N4O3/c10-3-1-2-4(7-3)8-6(12)9-5(2)11;2*10-3-1-2(7-4(11)6-1)8-5(12)9-3/h1H2,(H3,7,8,9,10,11,12);4,6,11H,(H3,7,8,9,10,12);(H4,6,7,8,9,10,11,12). The van der Waals surface area contributed by atoms with E-state index < -0.39 is 46.1 Å². The van der Waals surface area contributed by atoms with Gasteiger partial charge in [0.15, 0.2) is 11.2 Å². The van der Waals surface area contributed by atoms with Gasteiger partial charge >= 0.3 is 18.5 Å². The van der Waals surface area contributed by atoms with Crippen LogP contribution in [0.1, 0.15) is 6.99 Å². The van der Waals surface area contributed by atoms with Crippen molar-refractivity contribution in [1.29, 1.82) is 0 Å². The number of aromatic nitrogens is 8. The van der Waals surface area contributed by atoms with Crippen LogP contribution >= 0.6 is 0 Å². The second-order valence-corrected chi connectivity index (χ2v) is 7.01. The SMILES string of the molecule is O=C1Cc2c([nH]c(=O)[nH]c2=O)N1.O=c1[nH]c2c(c(=O)[nH]1)NC(O)N2.O=c1[nH]c2nc([O-])[nH]c(=O)c2[nH]1.[H+]. The third-order valence-corrected chi connectivity index (χ3v) is 4.52. The summed E-state index contributed by atoms with van der Waals surface area (Å²) in [5, 5.41) is 26.8. The maximum atomic E-state index is 11.0. The normalized spacial score (nSPS) is 14.8. The fraction of sp³-hybridized carbons (Fsp3) is 0.125. The van der Waals surface area contributed by atoms with Crippen LogP contribution < -0.4 is 54.8 Å². The average molecular weight is 505 g/mol. The number of carbonyl (C=O) groups excluding carboxylic acids is 1. The third kappa shape index (κ3) is 4.81. The Morgan fingerprint density at radius 2 is 1.39 bits per heavy atom. The summed E-state index contributed by atoms with van der Waals surface area (Å²) in [6.07, 6.45) is -0.999. The molecule has 2 aliphatic rings. The third-order valence-electron chi connectivity index (χ3n) is 4.52. The second kappa shape index (κ2) is 8.94. The summed E-state index contributed by atoms with van der Waals surface area (Å²) in [7, 11) is 0. The first-order valence-electron chi connectivity index (χ1n) is 9.62. The van der Waals surface area contributed by atoms with Gasteiger partial charge in [0, 0.05) is 0 Å². The number of hydrogen-bond acceptors (Lipinski definition) is 12. The Labute approximate surface area is 194 Å². The number of aliphatic hydroxyl groups excluding tert-OH is 1. The number of carbonyl (C=O) groups is 1. The van der Waals surface area contributed by atoms with Gasteiger partial charge in [-0.2, -0.15) is 0 Å². The van der Waals surface area contributed by atoms with Crippen molar-refractivity contribution in [2.45, 2.75) is 12.8 Å². The van der Waals surface area contributed by atoms with Gasteiger partial charge in [0.1, 0.15) is 17.3 Å². The van der Waals surface area contributed by atoms with Crippen LogP contribution in [-0.4, -0.2) is 57.2 Å². The molecule has 20 heteroatoms. The molecule has 0 bridgehead atoms. The maximum Gasteiger partial charge on any atom is 1.00 e. The largest absolute Gasteiger partial charge is 1.00 e. The minimum absolute atomic E-state index is 0. The number of aromatic amines is 7. The molecule has 1 unspecified atom stereocenters. The number of aliphatic hydroxyl groups is 1. The summed E-state index contributed by atoms with van der Waals surface area (Å²) < 4.78 is 0. The number of rotatable bonds is 0.